The van der Waals surface area contributed by atoms with Crippen LogP contribution in [0.25, 0.3) is 0 Å². The van der Waals surface area contributed by atoms with Crippen LogP contribution < -0.4 is 9.64 Å². The van der Waals surface area contributed by atoms with Crippen LogP contribution in [0.4, 0.5) is 29.1 Å². The van der Waals surface area contributed by atoms with Gasteiger partial charge in [0.25, 0.3) is 0 Å². The summed E-state index contributed by atoms with van der Waals surface area (Å²) in [5.41, 5.74) is -1.79. The second-order valence-corrected chi connectivity index (χ2v) is 8.91. The highest BCUT2D eigenvalue weighted by molar-refractivity contribution is 6.30. The van der Waals surface area contributed by atoms with E-state index in [1.165, 1.54) is 42.7 Å². The summed E-state index contributed by atoms with van der Waals surface area (Å²) in [5.74, 6) is -4.13. The number of aromatic carboxylic acids is 1. The van der Waals surface area contributed by atoms with Crippen LogP contribution >= 0.6 is 11.6 Å². The molecule has 0 unspecified atom stereocenters. The Morgan fingerprint density at radius 3 is 2.48 bits per heavy atom. The molecule has 1 N–H and O–H groups in total. The predicted molar refractivity (Wildman–Crippen MR) is 135 cm³/mol. The van der Waals surface area contributed by atoms with Crippen molar-refractivity contribution in [3.8, 4) is 11.6 Å². The first-order chi connectivity index (χ1) is 19.0. The number of carbonyl (C=O) groups is 1. The molecule has 0 spiro atoms. The molecule has 15 heteroatoms. The molecule has 0 aliphatic rings. The number of ether oxygens (including phenoxy) is 2. The Labute approximate surface area is 229 Å². The molecule has 0 saturated heterocycles. The maximum absolute atomic E-state index is 15.4. The second kappa shape index (κ2) is 11.8. The highest BCUT2D eigenvalue weighted by Gasteiger charge is 2.36. The number of halogens is 5. The summed E-state index contributed by atoms with van der Waals surface area (Å²) in [5, 5.41) is 18.0. The van der Waals surface area contributed by atoms with Crippen molar-refractivity contribution in [1.82, 2.24) is 25.0 Å². The van der Waals surface area contributed by atoms with E-state index in [1.54, 1.807) is 6.92 Å². The maximum Gasteiger partial charge on any atom is 0.421 e. The van der Waals surface area contributed by atoms with Crippen LogP contribution in [0.3, 0.4) is 0 Å². The number of pyridine rings is 2. The van der Waals surface area contributed by atoms with Crippen LogP contribution in [0, 0.1) is 5.82 Å². The maximum atomic E-state index is 15.4. The number of nitrogens with zero attached hydrogens (tertiary/aromatic N) is 6. The minimum atomic E-state index is -4.92. The minimum absolute atomic E-state index is 0.0997. The van der Waals surface area contributed by atoms with Crippen LogP contribution in [-0.2, 0) is 17.5 Å². The molecule has 0 aliphatic carbocycles. The third-order valence-corrected chi connectivity index (χ3v) is 5.78. The van der Waals surface area contributed by atoms with E-state index in [0.717, 1.165) is 29.2 Å². The molecule has 0 fully saturated rings. The molecule has 1 aromatic carbocycles. The average Bonchev–Trinajstić information content (AvgIpc) is 3.40. The molecule has 0 bridgehead atoms. The summed E-state index contributed by atoms with van der Waals surface area (Å²) >= 11 is 5.93. The SMILES string of the molecule is COC[C@@H](C)N(c1ccc(Cl)cn1)c1cc(F)c(Oc2ncc(Cn3nccn3)cc2C(F)(F)F)cc1C(=O)O. The number of hydrogen-bond acceptors (Lipinski definition) is 8. The summed E-state index contributed by atoms with van der Waals surface area (Å²) in [6.07, 6.45) is 0.228. The van der Waals surface area contributed by atoms with Crippen LogP contribution in [-0.4, -0.2) is 55.8 Å². The number of alkyl halides is 3. The molecule has 210 valence electrons. The number of carboxylic acid groups (broad SMARTS) is 1. The molecule has 3 aromatic heterocycles. The van der Waals surface area contributed by atoms with E-state index in [-0.39, 0.29) is 30.2 Å². The van der Waals surface area contributed by atoms with E-state index in [0.29, 0.717) is 5.02 Å². The third kappa shape index (κ3) is 6.46. The first kappa shape index (κ1) is 28.7. The van der Waals surface area contributed by atoms with Crippen molar-refractivity contribution in [1.29, 1.82) is 0 Å². The van der Waals surface area contributed by atoms with E-state index < -0.39 is 46.8 Å². The standard InChI is InChI=1S/C25H21ClF4N6O4/c1-14(13-39-2)36(22-4-3-16(26)11-31-22)20-9-19(27)21(8-17(20)24(37)38)40-23-18(25(28,29)30)7-15(10-32-23)12-35-33-5-6-34-35/h3-11,14H,12-13H2,1-2H3,(H,37,38)/t14-/m1/s1. The monoisotopic (exact) mass is 580 g/mol. The summed E-state index contributed by atoms with van der Waals surface area (Å²) in [7, 11) is 1.43. The van der Waals surface area contributed by atoms with Crippen LogP contribution in [0.2, 0.25) is 5.02 Å². The Morgan fingerprint density at radius 1 is 1.15 bits per heavy atom. The summed E-state index contributed by atoms with van der Waals surface area (Å²) in [6.45, 7) is 1.68. The number of anilines is 2. The second-order valence-electron chi connectivity index (χ2n) is 8.47. The molecule has 40 heavy (non-hydrogen) atoms. The molecule has 0 radical (unpaired) electrons. The van der Waals surface area contributed by atoms with Gasteiger partial charge in [0.2, 0.25) is 5.88 Å². The third-order valence-electron chi connectivity index (χ3n) is 5.56. The lowest BCUT2D eigenvalue weighted by atomic mass is 10.1. The Kier molecular flexibility index (Phi) is 8.49. The smallest absolute Gasteiger partial charge is 0.421 e. The van der Waals surface area contributed by atoms with Gasteiger partial charge < -0.3 is 19.5 Å². The minimum Gasteiger partial charge on any atom is -0.478 e. The fourth-order valence-corrected chi connectivity index (χ4v) is 3.98. The Morgan fingerprint density at radius 2 is 1.88 bits per heavy atom. The lowest BCUT2D eigenvalue weighted by Crippen LogP contribution is -2.34. The number of hydrogen-bond donors (Lipinski definition) is 1. The molecule has 0 aliphatic heterocycles. The van der Waals surface area contributed by atoms with Crippen LogP contribution in [0.5, 0.6) is 11.6 Å². The van der Waals surface area contributed by atoms with Crippen molar-refractivity contribution in [2.45, 2.75) is 25.7 Å². The quantitative estimate of drug-likeness (QED) is 0.240. The summed E-state index contributed by atoms with van der Waals surface area (Å²) < 4.78 is 67.5. The van der Waals surface area contributed by atoms with E-state index in [1.807, 2.05) is 0 Å². The number of carboxylic acids is 1. The largest absolute Gasteiger partial charge is 0.478 e. The number of benzene rings is 1. The average molecular weight is 581 g/mol. The first-order valence-electron chi connectivity index (χ1n) is 11.5. The van der Waals surface area contributed by atoms with Crippen molar-refractivity contribution in [2.24, 2.45) is 0 Å². The van der Waals surface area contributed by atoms with E-state index >= 15 is 4.39 Å². The molecule has 4 rings (SSSR count). The van der Waals surface area contributed by atoms with Gasteiger partial charge in [-0.1, -0.05) is 11.6 Å². The van der Waals surface area contributed by atoms with Gasteiger partial charge in [-0.15, -0.1) is 0 Å². The molecule has 1 atom stereocenters. The Bertz CT molecular complexity index is 1490. The highest BCUT2D eigenvalue weighted by atomic mass is 35.5. The zero-order valence-corrected chi connectivity index (χ0v) is 21.7. The van der Waals surface area contributed by atoms with Crippen molar-refractivity contribution < 1.29 is 36.9 Å². The van der Waals surface area contributed by atoms with Gasteiger partial charge in [-0.2, -0.15) is 28.2 Å². The Hall–Kier alpha value is -4.30. The molecule has 0 saturated carbocycles. The lowest BCUT2D eigenvalue weighted by molar-refractivity contribution is -0.139. The van der Waals surface area contributed by atoms with Gasteiger partial charge in [0.15, 0.2) is 11.6 Å². The van der Waals surface area contributed by atoms with Gasteiger partial charge in [-0.3, -0.25) is 0 Å². The molecular weight excluding hydrogens is 560 g/mol. The Balaban J connectivity index is 1.77. The normalized spacial score (nSPS) is 12.3. The molecular formula is C25H21ClF4N6O4. The summed E-state index contributed by atoms with van der Waals surface area (Å²) in [4.78, 5) is 22.7. The van der Waals surface area contributed by atoms with E-state index in [9.17, 15) is 23.1 Å². The number of aromatic nitrogens is 5. The van der Waals surface area contributed by atoms with Crippen LogP contribution in [0.1, 0.15) is 28.4 Å². The highest BCUT2D eigenvalue weighted by Crippen LogP contribution is 2.40. The molecule has 4 aromatic rings. The van der Waals surface area contributed by atoms with Gasteiger partial charge in [-0.05, 0) is 30.7 Å². The van der Waals surface area contributed by atoms with Crippen LogP contribution in [0.15, 0.2) is 55.1 Å². The van der Waals surface area contributed by atoms with Gasteiger partial charge in [-0.25, -0.2) is 19.2 Å². The lowest BCUT2D eigenvalue weighted by Gasteiger charge is -2.31. The van der Waals surface area contributed by atoms with Gasteiger partial charge in [0.1, 0.15) is 11.4 Å². The van der Waals surface area contributed by atoms with Gasteiger partial charge in [0.05, 0.1) is 47.9 Å². The zero-order valence-electron chi connectivity index (χ0n) is 20.9. The van der Waals surface area contributed by atoms with Gasteiger partial charge >= 0.3 is 12.1 Å². The van der Waals surface area contributed by atoms with Gasteiger partial charge in [0, 0.05) is 31.6 Å². The van der Waals surface area contributed by atoms with Crippen molar-refractivity contribution in [2.75, 3.05) is 18.6 Å². The fraction of sp³-hybridized carbons (Fsp3) is 0.240. The van der Waals surface area contributed by atoms with E-state index in [4.69, 9.17) is 21.1 Å². The van der Waals surface area contributed by atoms with E-state index in [2.05, 4.69) is 20.2 Å². The fourth-order valence-electron chi connectivity index (χ4n) is 3.86. The zero-order chi connectivity index (χ0) is 29.0. The topological polar surface area (TPSA) is 115 Å². The molecule has 0 amide bonds. The number of rotatable bonds is 10. The molecule has 10 nitrogen and oxygen atoms in total. The number of methoxy groups -OCH3 is 1. The predicted octanol–water partition coefficient (Wildman–Crippen LogP) is 5.59. The summed E-state index contributed by atoms with van der Waals surface area (Å²) in [6, 6.07) is 4.88. The van der Waals surface area contributed by atoms with Crippen molar-refractivity contribution in [3.05, 3.63) is 82.6 Å². The first-order valence-corrected chi connectivity index (χ1v) is 11.9. The molecule has 3 heterocycles. The van der Waals surface area contributed by atoms with Crippen molar-refractivity contribution >= 4 is 29.1 Å². The van der Waals surface area contributed by atoms with Crippen molar-refractivity contribution in [3.63, 3.8) is 0 Å².